The molecule has 0 radical (unpaired) electrons. The van der Waals surface area contributed by atoms with Crippen molar-refractivity contribution >= 4 is 29.7 Å². The molecule has 0 aliphatic rings. The Morgan fingerprint density at radius 2 is 2.04 bits per heavy atom. The van der Waals surface area contributed by atoms with E-state index in [1.165, 1.54) is 11.3 Å². The van der Waals surface area contributed by atoms with Gasteiger partial charge in [-0.05, 0) is 31.2 Å². The number of hydrogen-bond donors (Lipinski definition) is 1. The predicted molar refractivity (Wildman–Crippen MR) is 95.5 cm³/mol. The van der Waals surface area contributed by atoms with Crippen LogP contribution in [0.3, 0.4) is 0 Å². The van der Waals surface area contributed by atoms with Gasteiger partial charge in [0, 0.05) is 25.4 Å². The van der Waals surface area contributed by atoms with Gasteiger partial charge in [-0.25, -0.2) is 4.98 Å². The highest BCUT2D eigenvalue weighted by Gasteiger charge is 2.15. The van der Waals surface area contributed by atoms with Crippen LogP contribution in [0.15, 0.2) is 29.6 Å². The Bertz CT molecular complexity index is 616. The first-order chi connectivity index (χ1) is 10.6. The summed E-state index contributed by atoms with van der Waals surface area (Å²) >= 11 is 1.48. The van der Waals surface area contributed by atoms with E-state index in [2.05, 4.69) is 4.98 Å². The minimum atomic E-state index is -0.0755. The Hall–Kier alpha value is -1.63. The highest BCUT2D eigenvalue weighted by Crippen LogP contribution is 2.16. The van der Waals surface area contributed by atoms with Gasteiger partial charge < -0.3 is 15.4 Å². The van der Waals surface area contributed by atoms with E-state index in [1.54, 1.807) is 17.3 Å². The Labute approximate surface area is 146 Å². The van der Waals surface area contributed by atoms with Crippen LogP contribution in [0.5, 0.6) is 5.75 Å². The van der Waals surface area contributed by atoms with Crippen molar-refractivity contribution in [2.75, 3.05) is 20.2 Å². The zero-order valence-corrected chi connectivity index (χ0v) is 15.0. The molecule has 0 atom stereocenters. The van der Waals surface area contributed by atoms with Crippen molar-refractivity contribution in [3.63, 3.8) is 0 Å². The average molecular weight is 356 g/mol. The van der Waals surface area contributed by atoms with Crippen LogP contribution in [0.2, 0.25) is 0 Å². The topological polar surface area (TPSA) is 68.5 Å². The third-order valence-corrected chi connectivity index (χ3v) is 4.04. The number of hydrogen-bond acceptors (Lipinski definition) is 5. The normalized spacial score (nSPS) is 10.0. The third-order valence-electron chi connectivity index (χ3n) is 3.13. The molecule has 0 saturated carbocycles. The molecular formula is C16H22ClN3O2S. The second-order valence-electron chi connectivity index (χ2n) is 4.90. The van der Waals surface area contributed by atoms with Crippen LogP contribution in [0, 0.1) is 0 Å². The maximum absolute atomic E-state index is 12.4. The lowest BCUT2D eigenvalue weighted by Crippen LogP contribution is -2.26. The molecular weight excluding hydrogens is 334 g/mol. The molecule has 1 amide bonds. The molecule has 0 aliphatic heterocycles. The molecule has 0 fully saturated rings. The number of carbonyl (C=O) groups is 1. The van der Waals surface area contributed by atoms with Gasteiger partial charge >= 0.3 is 0 Å². The van der Waals surface area contributed by atoms with Gasteiger partial charge in [0.25, 0.3) is 5.91 Å². The van der Waals surface area contributed by atoms with Gasteiger partial charge in [-0.15, -0.1) is 23.7 Å². The lowest BCUT2D eigenvalue weighted by atomic mass is 10.2. The monoisotopic (exact) mass is 355 g/mol. The largest absolute Gasteiger partial charge is 0.494 e. The number of benzene rings is 1. The second-order valence-corrected chi connectivity index (χ2v) is 5.85. The summed E-state index contributed by atoms with van der Waals surface area (Å²) in [5.41, 5.74) is 7.04. The van der Waals surface area contributed by atoms with Crippen LogP contribution in [0.25, 0.3) is 0 Å². The Morgan fingerprint density at radius 1 is 1.35 bits per heavy atom. The molecule has 23 heavy (non-hydrogen) atoms. The summed E-state index contributed by atoms with van der Waals surface area (Å²) in [6, 6.07) is 7.77. The van der Waals surface area contributed by atoms with Gasteiger partial charge in [-0.1, -0.05) is 12.1 Å². The molecule has 126 valence electrons. The van der Waals surface area contributed by atoms with E-state index in [4.69, 9.17) is 10.5 Å². The Morgan fingerprint density at radius 3 is 2.65 bits per heavy atom. The highest BCUT2D eigenvalue weighted by atomic mass is 35.5. The molecule has 0 unspecified atom stereocenters. The van der Waals surface area contributed by atoms with Crippen LogP contribution in [0.4, 0.5) is 0 Å². The molecule has 1 aromatic carbocycles. The van der Waals surface area contributed by atoms with Crippen molar-refractivity contribution in [2.24, 2.45) is 5.73 Å². The maximum atomic E-state index is 12.4. The number of thiazole rings is 1. The van der Waals surface area contributed by atoms with Crippen LogP contribution < -0.4 is 10.5 Å². The van der Waals surface area contributed by atoms with Crippen molar-refractivity contribution in [2.45, 2.75) is 19.9 Å². The fourth-order valence-electron chi connectivity index (χ4n) is 2.05. The minimum Gasteiger partial charge on any atom is -0.494 e. The van der Waals surface area contributed by atoms with Crippen molar-refractivity contribution in [1.29, 1.82) is 0 Å². The molecule has 1 heterocycles. The number of halogens is 1. The van der Waals surface area contributed by atoms with Gasteiger partial charge in [0.15, 0.2) is 0 Å². The zero-order chi connectivity index (χ0) is 15.9. The first-order valence-electron chi connectivity index (χ1n) is 7.25. The van der Waals surface area contributed by atoms with E-state index in [9.17, 15) is 4.79 Å². The van der Waals surface area contributed by atoms with E-state index in [0.717, 1.165) is 16.3 Å². The predicted octanol–water partition coefficient (Wildman–Crippen LogP) is 2.74. The molecule has 0 aliphatic carbocycles. The fourth-order valence-corrected chi connectivity index (χ4v) is 2.83. The van der Waals surface area contributed by atoms with Crippen LogP contribution in [-0.4, -0.2) is 36.0 Å². The van der Waals surface area contributed by atoms with Crippen molar-refractivity contribution in [3.8, 4) is 5.75 Å². The number of amides is 1. The number of nitrogens with zero attached hydrogens (tertiary/aromatic N) is 2. The van der Waals surface area contributed by atoms with Crippen molar-refractivity contribution < 1.29 is 9.53 Å². The van der Waals surface area contributed by atoms with E-state index >= 15 is 0 Å². The highest BCUT2D eigenvalue weighted by molar-refractivity contribution is 7.09. The maximum Gasteiger partial charge on any atom is 0.273 e. The molecule has 0 bridgehead atoms. The summed E-state index contributed by atoms with van der Waals surface area (Å²) < 4.78 is 5.41. The van der Waals surface area contributed by atoms with Gasteiger partial charge in [0.05, 0.1) is 11.6 Å². The molecule has 2 aromatic rings. The lowest BCUT2D eigenvalue weighted by molar-refractivity contribution is 0.0780. The van der Waals surface area contributed by atoms with E-state index < -0.39 is 0 Å². The van der Waals surface area contributed by atoms with E-state index in [1.807, 2.05) is 31.2 Å². The van der Waals surface area contributed by atoms with E-state index in [0.29, 0.717) is 31.8 Å². The van der Waals surface area contributed by atoms with Gasteiger partial charge in [0.2, 0.25) is 0 Å². The number of rotatable bonds is 7. The SMILES string of the molecule is CCOc1ccc(CN(C)C(=O)c2csc(CCN)n2)cc1.Cl. The molecule has 7 heteroatoms. The molecule has 1 aromatic heterocycles. The smallest absolute Gasteiger partial charge is 0.273 e. The van der Waals surface area contributed by atoms with Crippen LogP contribution >= 0.6 is 23.7 Å². The standard InChI is InChI=1S/C16H21N3O2S.ClH/c1-3-21-13-6-4-12(5-7-13)10-19(2)16(20)14-11-22-15(18-14)8-9-17;/h4-7,11H,3,8-10,17H2,1-2H3;1H. The van der Waals surface area contributed by atoms with Crippen molar-refractivity contribution in [1.82, 2.24) is 9.88 Å². The Kier molecular flexibility index (Phi) is 8.02. The van der Waals surface area contributed by atoms with Crippen LogP contribution in [-0.2, 0) is 13.0 Å². The summed E-state index contributed by atoms with van der Waals surface area (Å²) in [5.74, 6) is 0.763. The van der Waals surface area contributed by atoms with Crippen molar-refractivity contribution in [3.05, 3.63) is 45.9 Å². The number of nitrogens with two attached hydrogens (primary N) is 1. The van der Waals surface area contributed by atoms with Gasteiger partial charge in [0.1, 0.15) is 11.4 Å². The summed E-state index contributed by atoms with van der Waals surface area (Å²) in [7, 11) is 1.78. The summed E-state index contributed by atoms with van der Waals surface area (Å²) in [6.07, 6.45) is 0.709. The first kappa shape index (κ1) is 19.4. The molecule has 0 saturated heterocycles. The summed E-state index contributed by atoms with van der Waals surface area (Å²) in [6.45, 7) is 3.68. The number of carbonyl (C=O) groups excluding carboxylic acids is 1. The molecule has 0 spiro atoms. The Balaban J connectivity index is 0.00000264. The second kappa shape index (κ2) is 9.50. The molecule has 5 nitrogen and oxygen atoms in total. The number of ether oxygens (including phenoxy) is 1. The minimum absolute atomic E-state index is 0. The molecule has 2 rings (SSSR count). The number of aromatic nitrogens is 1. The summed E-state index contributed by atoms with van der Waals surface area (Å²) in [4.78, 5) is 18.3. The quantitative estimate of drug-likeness (QED) is 0.829. The molecule has 2 N–H and O–H groups in total. The first-order valence-corrected chi connectivity index (χ1v) is 8.13. The lowest BCUT2D eigenvalue weighted by Gasteiger charge is -2.16. The summed E-state index contributed by atoms with van der Waals surface area (Å²) in [5, 5.41) is 2.70. The van der Waals surface area contributed by atoms with E-state index in [-0.39, 0.29) is 18.3 Å². The fraction of sp³-hybridized carbons (Fsp3) is 0.375. The van der Waals surface area contributed by atoms with Crippen LogP contribution in [0.1, 0.15) is 28.0 Å². The average Bonchev–Trinajstić information content (AvgIpc) is 2.98. The van der Waals surface area contributed by atoms with Gasteiger partial charge in [-0.2, -0.15) is 0 Å². The van der Waals surface area contributed by atoms with Gasteiger partial charge in [-0.3, -0.25) is 4.79 Å². The third kappa shape index (κ3) is 5.49. The zero-order valence-electron chi connectivity index (χ0n) is 13.3.